The zero-order valence-electron chi connectivity index (χ0n) is 15.4. The highest BCUT2D eigenvalue weighted by Crippen LogP contribution is 2.42. The van der Waals surface area contributed by atoms with Gasteiger partial charge in [0.2, 0.25) is 5.91 Å². The Kier molecular flexibility index (Phi) is 4.85. The van der Waals surface area contributed by atoms with Gasteiger partial charge < -0.3 is 11.1 Å². The first-order chi connectivity index (χ1) is 12.7. The predicted molar refractivity (Wildman–Crippen MR) is 106 cm³/mol. The summed E-state index contributed by atoms with van der Waals surface area (Å²) in [5.74, 6) is 0.0146. The number of carbonyl (C=O) groups excluding carboxylic acids is 1. The number of hydrogen-bond acceptors (Lipinski definition) is 8. The summed E-state index contributed by atoms with van der Waals surface area (Å²) in [5.41, 5.74) is 6.72. The van der Waals surface area contributed by atoms with Crippen LogP contribution >= 0.6 is 23.1 Å². The summed E-state index contributed by atoms with van der Waals surface area (Å²) in [5, 5.41) is 22.9. The Morgan fingerprint density at radius 2 is 2.04 bits per heavy atom. The SMILES string of the molecule is Cc1sc2nc(CSC3=C(C#N)C(C)(C)C(C#N)C(=O)N3)nc(N)c2c1C. The average molecular weight is 399 g/mol. The molecule has 3 rings (SSSR count). The molecule has 1 amide bonds. The first kappa shape index (κ1) is 19.2. The fraction of sp³-hybridized carbons (Fsp3) is 0.389. The Bertz CT molecular complexity index is 1070. The van der Waals surface area contributed by atoms with Gasteiger partial charge in [0.15, 0.2) is 0 Å². The third-order valence-corrected chi connectivity index (χ3v) is 6.88. The van der Waals surface area contributed by atoms with E-state index < -0.39 is 17.2 Å². The monoisotopic (exact) mass is 398 g/mol. The molecule has 1 unspecified atom stereocenters. The van der Waals surface area contributed by atoms with E-state index in [0.29, 0.717) is 28.0 Å². The van der Waals surface area contributed by atoms with E-state index >= 15 is 0 Å². The van der Waals surface area contributed by atoms with E-state index in [1.165, 1.54) is 11.8 Å². The number of fused-ring (bicyclic) bond motifs is 1. The molecule has 0 bridgehead atoms. The van der Waals surface area contributed by atoms with Gasteiger partial charge in [-0.15, -0.1) is 11.3 Å². The van der Waals surface area contributed by atoms with Gasteiger partial charge in [-0.05, 0) is 19.4 Å². The quantitative estimate of drug-likeness (QED) is 0.812. The molecular weight excluding hydrogens is 380 g/mol. The van der Waals surface area contributed by atoms with Crippen molar-refractivity contribution in [2.45, 2.75) is 33.4 Å². The van der Waals surface area contributed by atoms with Crippen molar-refractivity contribution in [1.82, 2.24) is 15.3 Å². The van der Waals surface area contributed by atoms with Gasteiger partial charge in [-0.25, -0.2) is 9.97 Å². The first-order valence-corrected chi connectivity index (χ1v) is 10.0. The molecular formula is C18H18N6OS2. The van der Waals surface area contributed by atoms with Gasteiger partial charge >= 0.3 is 0 Å². The number of carbonyl (C=O) groups is 1. The third-order valence-electron chi connectivity index (χ3n) is 4.78. The number of anilines is 1. The van der Waals surface area contributed by atoms with Crippen molar-refractivity contribution >= 4 is 45.0 Å². The highest BCUT2D eigenvalue weighted by Gasteiger charge is 2.44. The van der Waals surface area contributed by atoms with E-state index in [4.69, 9.17) is 5.73 Å². The highest BCUT2D eigenvalue weighted by molar-refractivity contribution is 8.02. The summed E-state index contributed by atoms with van der Waals surface area (Å²) in [4.78, 5) is 23.2. The number of thioether (sulfide) groups is 1. The largest absolute Gasteiger partial charge is 0.383 e. The van der Waals surface area contributed by atoms with E-state index in [9.17, 15) is 15.3 Å². The Morgan fingerprint density at radius 1 is 1.33 bits per heavy atom. The number of amides is 1. The Morgan fingerprint density at radius 3 is 2.67 bits per heavy atom. The zero-order valence-corrected chi connectivity index (χ0v) is 17.0. The van der Waals surface area contributed by atoms with Crippen molar-refractivity contribution in [3.63, 3.8) is 0 Å². The molecule has 7 nitrogen and oxygen atoms in total. The minimum absolute atomic E-state index is 0.351. The number of nitriles is 2. The smallest absolute Gasteiger partial charge is 0.243 e. The van der Waals surface area contributed by atoms with Crippen LogP contribution < -0.4 is 11.1 Å². The summed E-state index contributed by atoms with van der Waals surface area (Å²) >= 11 is 2.84. The normalized spacial score (nSPS) is 18.9. The minimum atomic E-state index is -0.906. The van der Waals surface area contributed by atoms with Crippen LogP contribution in [0.5, 0.6) is 0 Å². The van der Waals surface area contributed by atoms with Crippen molar-refractivity contribution < 1.29 is 4.79 Å². The maximum absolute atomic E-state index is 12.3. The van der Waals surface area contributed by atoms with Gasteiger partial charge in [0.05, 0.1) is 33.9 Å². The zero-order chi connectivity index (χ0) is 19.9. The predicted octanol–water partition coefficient (Wildman–Crippen LogP) is 3.15. The van der Waals surface area contributed by atoms with Crippen LogP contribution in [0, 0.1) is 47.8 Å². The number of aryl methyl sites for hydroxylation is 2. The van der Waals surface area contributed by atoms with Crippen molar-refractivity contribution in [2.24, 2.45) is 11.3 Å². The molecule has 1 aliphatic rings. The van der Waals surface area contributed by atoms with E-state index in [1.807, 2.05) is 19.9 Å². The van der Waals surface area contributed by atoms with E-state index in [-0.39, 0.29) is 0 Å². The van der Waals surface area contributed by atoms with E-state index in [1.54, 1.807) is 25.2 Å². The van der Waals surface area contributed by atoms with Crippen molar-refractivity contribution in [3.05, 3.63) is 26.9 Å². The molecule has 27 heavy (non-hydrogen) atoms. The maximum Gasteiger partial charge on any atom is 0.243 e. The highest BCUT2D eigenvalue weighted by atomic mass is 32.2. The standard InChI is InChI=1S/C18H18N6OS2/c1-8-9(2)27-17-13(8)14(21)22-12(23-17)7-26-16-11(6-20)18(3,4)10(5-19)15(25)24-16/h10H,7H2,1-4H3,(H,24,25)(H2,21,22,23). The molecule has 1 atom stereocenters. The van der Waals surface area contributed by atoms with E-state index in [2.05, 4.69) is 21.4 Å². The van der Waals surface area contributed by atoms with Gasteiger partial charge in [0.1, 0.15) is 22.4 Å². The lowest BCUT2D eigenvalue weighted by Crippen LogP contribution is -2.44. The van der Waals surface area contributed by atoms with Gasteiger partial charge in [0.25, 0.3) is 0 Å². The third kappa shape index (κ3) is 3.14. The van der Waals surface area contributed by atoms with Crippen LogP contribution in [0.4, 0.5) is 5.82 Å². The van der Waals surface area contributed by atoms with Crippen molar-refractivity contribution in [3.8, 4) is 12.1 Å². The molecule has 1 aliphatic heterocycles. The molecule has 2 aromatic rings. The molecule has 138 valence electrons. The maximum atomic E-state index is 12.3. The van der Waals surface area contributed by atoms with Crippen molar-refractivity contribution in [2.75, 3.05) is 5.73 Å². The minimum Gasteiger partial charge on any atom is -0.383 e. The molecule has 0 spiro atoms. The van der Waals surface area contributed by atoms with Crippen LogP contribution in [0.15, 0.2) is 10.6 Å². The number of hydrogen-bond donors (Lipinski definition) is 2. The number of nitrogen functional groups attached to an aromatic ring is 1. The molecule has 0 aromatic carbocycles. The lowest BCUT2D eigenvalue weighted by atomic mass is 9.72. The average Bonchev–Trinajstić information content (AvgIpc) is 2.87. The molecule has 3 heterocycles. The summed E-state index contributed by atoms with van der Waals surface area (Å²) in [6, 6.07) is 4.14. The summed E-state index contributed by atoms with van der Waals surface area (Å²) in [7, 11) is 0. The molecule has 0 saturated carbocycles. The van der Waals surface area contributed by atoms with Crippen LogP contribution in [0.1, 0.15) is 30.1 Å². The number of nitrogens with one attached hydrogen (secondary N) is 1. The van der Waals surface area contributed by atoms with Crippen molar-refractivity contribution in [1.29, 1.82) is 10.5 Å². The lowest BCUT2D eigenvalue weighted by molar-refractivity contribution is -0.125. The number of aromatic nitrogens is 2. The first-order valence-electron chi connectivity index (χ1n) is 8.21. The second-order valence-corrected chi connectivity index (χ2v) is 9.05. The lowest BCUT2D eigenvalue weighted by Gasteiger charge is -2.34. The summed E-state index contributed by atoms with van der Waals surface area (Å²) < 4.78 is 0. The van der Waals surface area contributed by atoms with Gasteiger partial charge in [-0.1, -0.05) is 25.6 Å². The van der Waals surface area contributed by atoms with Crippen LogP contribution in [0.25, 0.3) is 10.2 Å². The number of nitrogens with two attached hydrogens (primary N) is 1. The van der Waals surface area contributed by atoms with Crippen LogP contribution in [-0.4, -0.2) is 15.9 Å². The van der Waals surface area contributed by atoms with Crippen LogP contribution in [-0.2, 0) is 10.5 Å². The summed E-state index contributed by atoms with van der Waals surface area (Å²) in [6.45, 7) is 7.48. The molecule has 0 fully saturated rings. The van der Waals surface area contributed by atoms with Crippen LogP contribution in [0.2, 0.25) is 0 Å². The topological polar surface area (TPSA) is 128 Å². The Hall–Kier alpha value is -2.62. The second kappa shape index (κ2) is 6.84. The fourth-order valence-corrected chi connectivity index (χ4v) is 5.15. The second-order valence-electron chi connectivity index (χ2n) is 6.87. The fourth-order valence-electron chi connectivity index (χ4n) is 3.06. The van der Waals surface area contributed by atoms with Gasteiger partial charge in [0, 0.05) is 10.3 Å². The molecule has 3 N–H and O–H groups in total. The number of thiophene rings is 1. The molecule has 0 saturated heterocycles. The molecule has 9 heteroatoms. The van der Waals surface area contributed by atoms with Crippen LogP contribution in [0.3, 0.4) is 0 Å². The molecule has 0 aliphatic carbocycles. The molecule has 2 aromatic heterocycles. The Labute approximate surface area is 165 Å². The van der Waals surface area contributed by atoms with Gasteiger partial charge in [-0.2, -0.15) is 10.5 Å². The van der Waals surface area contributed by atoms with Gasteiger partial charge in [-0.3, -0.25) is 4.79 Å². The summed E-state index contributed by atoms with van der Waals surface area (Å²) in [6.07, 6.45) is 0. The Balaban J connectivity index is 1.93. The number of nitrogens with zero attached hydrogens (tertiary/aromatic N) is 4. The van der Waals surface area contributed by atoms with E-state index in [0.717, 1.165) is 20.7 Å². The number of allylic oxidation sites excluding steroid dienone is 1. The number of rotatable bonds is 3. The molecule has 0 radical (unpaired) electrons.